The molecule has 0 spiro atoms. The molecule has 1 amide bonds. The summed E-state index contributed by atoms with van der Waals surface area (Å²) in [6, 6.07) is 9.29. The van der Waals surface area contributed by atoms with Gasteiger partial charge in [0.1, 0.15) is 11.5 Å². The fraction of sp³-hybridized carbons (Fsp3) is 0.360. The smallest absolute Gasteiger partial charge is 0.295 e. The molecule has 7 nitrogen and oxygen atoms in total. The Labute approximate surface area is 208 Å². The van der Waals surface area contributed by atoms with Crippen molar-refractivity contribution in [1.82, 2.24) is 9.80 Å². The number of aryl methyl sites for hydroxylation is 1. The summed E-state index contributed by atoms with van der Waals surface area (Å²) in [5, 5.41) is 11.9. The highest BCUT2D eigenvalue weighted by atomic mass is 35.5. The van der Waals surface area contributed by atoms with Gasteiger partial charge in [0.05, 0.1) is 42.0 Å². The summed E-state index contributed by atoms with van der Waals surface area (Å²) in [5.74, 6) is -0.974. The van der Waals surface area contributed by atoms with E-state index in [1.165, 1.54) is 4.90 Å². The van der Waals surface area contributed by atoms with Crippen LogP contribution in [0.15, 0.2) is 42.0 Å². The molecule has 1 atom stereocenters. The molecule has 0 aromatic heterocycles. The summed E-state index contributed by atoms with van der Waals surface area (Å²) < 4.78 is 10.7. The quantitative estimate of drug-likeness (QED) is 0.363. The molecule has 1 N–H and O–H groups in total. The summed E-state index contributed by atoms with van der Waals surface area (Å²) in [5.41, 5.74) is 1.84. The van der Waals surface area contributed by atoms with E-state index in [1.807, 2.05) is 6.92 Å². The molecule has 2 aliphatic heterocycles. The molecule has 0 unspecified atom stereocenters. The van der Waals surface area contributed by atoms with Crippen LogP contribution in [-0.4, -0.2) is 73.1 Å². The highest BCUT2D eigenvalue weighted by Crippen LogP contribution is 2.41. The van der Waals surface area contributed by atoms with Crippen LogP contribution in [-0.2, 0) is 14.3 Å². The maximum atomic E-state index is 13.2. The maximum absolute atomic E-state index is 13.2. The average Bonchev–Trinajstić information content (AvgIpc) is 3.09. The minimum absolute atomic E-state index is 0.0231. The van der Waals surface area contributed by atoms with Crippen LogP contribution in [0.4, 0.5) is 0 Å². The van der Waals surface area contributed by atoms with Crippen molar-refractivity contribution in [3.05, 3.63) is 68.7 Å². The lowest BCUT2D eigenvalue weighted by molar-refractivity contribution is -0.140. The van der Waals surface area contributed by atoms with Crippen molar-refractivity contribution in [3.63, 3.8) is 0 Å². The van der Waals surface area contributed by atoms with E-state index in [4.69, 9.17) is 32.7 Å². The molecule has 2 heterocycles. The molecule has 0 aliphatic carbocycles. The van der Waals surface area contributed by atoms with E-state index in [-0.39, 0.29) is 11.3 Å². The lowest BCUT2D eigenvalue weighted by Crippen LogP contribution is -2.42. The Morgan fingerprint density at radius 2 is 1.82 bits per heavy atom. The first-order valence-electron chi connectivity index (χ1n) is 11.0. The van der Waals surface area contributed by atoms with Gasteiger partial charge < -0.3 is 19.5 Å². The van der Waals surface area contributed by atoms with Crippen LogP contribution in [0.1, 0.15) is 22.7 Å². The number of aliphatic hydroxyl groups excluding tert-OH is 1. The van der Waals surface area contributed by atoms with E-state index in [1.54, 1.807) is 43.5 Å². The lowest BCUT2D eigenvalue weighted by atomic mass is 9.94. The van der Waals surface area contributed by atoms with Crippen molar-refractivity contribution in [1.29, 1.82) is 0 Å². The third-order valence-electron chi connectivity index (χ3n) is 6.23. The van der Waals surface area contributed by atoms with E-state index < -0.39 is 17.7 Å². The van der Waals surface area contributed by atoms with Crippen molar-refractivity contribution in [2.75, 3.05) is 46.5 Å². The largest absolute Gasteiger partial charge is 0.507 e. The highest BCUT2D eigenvalue weighted by Gasteiger charge is 2.46. The fourth-order valence-electron chi connectivity index (χ4n) is 4.39. The molecule has 2 fully saturated rings. The number of hydrogen-bond donors (Lipinski definition) is 1. The number of likely N-dealkylation sites (tertiary alicyclic amines) is 1. The van der Waals surface area contributed by atoms with Gasteiger partial charge in [0.15, 0.2) is 0 Å². The second kappa shape index (κ2) is 10.4. The Kier molecular flexibility index (Phi) is 7.48. The molecule has 4 rings (SSSR count). The van der Waals surface area contributed by atoms with Crippen molar-refractivity contribution >= 4 is 40.7 Å². The Balaban J connectivity index is 1.77. The first kappa shape index (κ1) is 24.5. The van der Waals surface area contributed by atoms with Gasteiger partial charge in [0, 0.05) is 31.7 Å². The normalized spacial score (nSPS) is 20.7. The third-order valence-corrected chi connectivity index (χ3v) is 6.97. The summed E-state index contributed by atoms with van der Waals surface area (Å²) >= 11 is 12.4. The molecule has 2 aliphatic rings. The molecule has 2 saturated heterocycles. The molecule has 9 heteroatoms. The summed E-state index contributed by atoms with van der Waals surface area (Å²) in [6.07, 6.45) is 0. The monoisotopic (exact) mass is 504 g/mol. The van der Waals surface area contributed by atoms with Gasteiger partial charge in [-0.3, -0.25) is 14.5 Å². The Morgan fingerprint density at radius 1 is 1.09 bits per heavy atom. The highest BCUT2D eigenvalue weighted by molar-refractivity contribution is 6.46. The maximum Gasteiger partial charge on any atom is 0.295 e. The van der Waals surface area contributed by atoms with Crippen LogP contribution >= 0.6 is 23.2 Å². The van der Waals surface area contributed by atoms with Crippen LogP contribution in [0.2, 0.25) is 10.0 Å². The van der Waals surface area contributed by atoms with Crippen LogP contribution in [0.5, 0.6) is 5.75 Å². The van der Waals surface area contributed by atoms with Gasteiger partial charge in [-0.05, 0) is 48.4 Å². The minimum atomic E-state index is -0.793. The number of hydrogen-bond acceptors (Lipinski definition) is 6. The minimum Gasteiger partial charge on any atom is -0.507 e. The predicted octanol–water partition coefficient (Wildman–Crippen LogP) is 4.06. The van der Waals surface area contributed by atoms with Gasteiger partial charge in [0.2, 0.25) is 0 Å². The van der Waals surface area contributed by atoms with Gasteiger partial charge in [-0.25, -0.2) is 0 Å². The summed E-state index contributed by atoms with van der Waals surface area (Å²) in [7, 11) is 1.56. The van der Waals surface area contributed by atoms with Gasteiger partial charge in [-0.15, -0.1) is 0 Å². The first-order valence-corrected chi connectivity index (χ1v) is 11.8. The van der Waals surface area contributed by atoms with E-state index in [9.17, 15) is 14.7 Å². The molecule has 2 aromatic rings. The van der Waals surface area contributed by atoms with Gasteiger partial charge >= 0.3 is 0 Å². The number of halogens is 2. The number of morpholine rings is 1. The van der Waals surface area contributed by atoms with Crippen molar-refractivity contribution < 1.29 is 24.2 Å². The molecule has 0 bridgehead atoms. The molecule has 0 radical (unpaired) electrons. The third kappa shape index (κ3) is 4.79. The standard InChI is InChI=1S/C25H26Cl2N2O5/c1-15-13-17(4-6-20(15)33-2)23(30)21-22(16-3-5-18(26)19(27)14-16)29(25(32)24(21)31)8-7-28-9-11-34-12-10-28/h3-6,13-14,22,30H,7-12H2,1-2H3/b23-21+/t22-/m0/s1. The van der Waals surface area contributed by atoms with Crippen molar-refractivity contribution in [2.24, 2.45) is 0 Å². The van der Waals surface area contributed by atoms with Crippen molar-refractivity contribution in [3.8, 4) is 5.75 Å². The number of carbonyl (C=O) groups excluding carboxylic acids is 2. The fourth-order valence-corrected chi connectivity index (χ4v) is 4.70. The Morgan fingerprint density at radius 3 is 2.47 bits per heavy atom. The number of ether oxygens (including phenoxy) is 2. The number of nitrogens with zero attached hydrogens (tertiary/aromatic N) is 2. The lowest BCUT2D eigenvalue weighted by Gasteiger charge is -2.31. The van der Waals surface area contributed by atoms with Crippen LogP contribution in [0.3, 0.4) is 0 Å². The topological polar surface area (TPSA) is 79.3 Å². The molecule has 0 saturated carbocycles. The van der Waals surface area contributed by atoms with Crippen LogP contribution < -0.4 is 4.74 Å². The number of methoxy groups -OCH3 is 1. The van der Waals surface area contributed by atoms with E-state index in [0.29, 0.717) is 53.2 Å². The average molecular weight is 505 g/mol. The van der Waals surface area contributed by atoms with Gasteiger partial charge in [-0.2, -0.15) is 0 Å². The SMILES string of the molecule is COc1ccc(/C(O)=C2\C(=O)C(=O)N(CCN3CCOCC3)[C@H]2c2ccc(Cl)c(Cl)c2)cc1C. The number of aliphatic hydroxyl groups is 1. The number of Topliss-reactive ketones (excluding diaryl/α,β-unsaturated/α-hetero) is 1. The Hall–Kier alpha value is -2.58. The van der Waals surface area contributed by atoms with E-state index in [2.05, 4.69) is 4.90 Å². The number of carbonyl (C=O) groups is 2. The zero-order valence-electron chi connectivity index (χ0n) is 19.0. The zero-order chi connectivity index (χ0) is 24.4. The molecule has 180 valence electrons. The van der Waals surface area contributed by atoms with Crippen LogP contribution in [0, 0.1) is 6.92 Å². The first-order chi connectivity index (χ1) is 16.3. The summed E-state index contributed by atoms with van der Waals surface area (Å²) in [4.78, 5) is 30.0. The number of ketones is 1. The second-order valence-electron chi connectivity index (χ2n) is 8.30. The molecular weight excluding hydrogens is 479 g/mol. The number of rotatable bonds is 6. The van der Waals surface area contributed by atoms with Crippen LogP contribution in [0.25, 0.3) is 5.76 Å². The number of amides is 1. The van der Waals surface area contributed by atoms with Gasteiger partial charge in [0.25, 0.3) is 11.7 Å². The molecule has 34 heavy (non-hydrogen) atoms. The van der Waals surface area contributed by atoms with Crippen molar-refractivity contribution in [2.45, 2.75) is 13.0 Å². The Bertz CT molecular complexity index is 1140. The van der Waals surface area contributed by atoms with E-state index in [0.717, 1.165) is 18.7 Å². The second-order valence-corrected chi connectivity index (χ2v) is 9.12. The van der Waals surface area contributed by atoms with Gasteiger partial charge in [-0.1, -0.05) is 29.3 Å². The summed E-state index contributed by atoms with van der Waals surface area (Å²) in [6.45, 7) is 5.51. The number of benzene rings is 2. The zero-order valence-corrected chi connectivity index (χ0v) is 20.5. The molecule has 2 aromatic carbocycles. The van der Waals surface area contributed by atoms with E-state index >= 15 is 0 Å². The predicted molar refractivity (Wildman–Crippen MR) is 130 cm³/mol. The molecular formula is C25H26Cl2N2O5.